The Labute approximate surface area is 221 Å². The van der Waals surface area contributed by atoms with E-state index in [1.165, 1.54) is 7.05 Å². The minimum absolute atomic E-state index is 0.0950. The third-order valence-corrected chi connectivity index (χ3v) is 5.88. The maximum absolute atomic E-state index is 11.1. The number of carboxylic acids is 2. The molecule has 0 unspecified atom stereocenters. The molecule has 5 N–H and O–H groups in total. The monoisotopic (exact) mass is 528 g/mol. The summed E-state index contributed by atoms with van der Waals surface area (Å²) in [4.78, 5) is 41.0. The van der Waals surface area contributed by atoms with E-state index in [4.69, 9.17) is 25.6 Å². The van der Waals surface area contributed by atoms with Gasteiger partial charge in [0.1, 0.15) is 17.1 Å². The number of benzene rings is 2. The van der Waals surface area contributed by atoms with Crippen LogP contribution in [0, 0.1) is 0 Å². The Hall–Kier alpha value is -5.23. The number of nitrogens with two attached hydrogens (primary N) is 1. The normalized spacial score (nSPS) is 11.5. The summed E-state index contributed by atoms with van der Waals surface area (Å²) in [5, 5.41) is 29.0. The number of hydrogen-bond acceptors (Lipinski definition) is 9. The zero-order chi connectivity index (χ0) is 27.9. The number of amides is 1. The van der Waals surface area contributed by atoms with Gasteiger partial charge in [0.05, 0.1) is 22.5 Å². The van der Waals surface area contributed by atoms with E-state index < -0.39 is 23.9 Å². The zero-order valence-electron chi connectivity index (χ0n) is 20.7. The van der Waals surface area contributed by atoms with Crippen LogP contribution in [0.15, 0.2) is 71.5 Å². The molecule has 2 aromatic carbocycles. The lowest BCUT2D eigenvalue weighted by Gasteiger charge is -2.09. The number of hydrogen-bond donors (Lipinski definition) is 4. The molecular formula is C27H24N6O6. The summed E-state index contributed by atoms with van der Waals surface area (Å²) in [5.41, 5.74) is 10.0. The SMILES string of the molecule is CN[C@H](CCC(N)=O)C(=O)O.O=C(O)c1ccc(-c2cc3cccnc3c(-c3cccc4nonc34)n2)cc1. The molecule has 3 aromatic heterocycles. The first-order chi connectivity index (χ1) is 18.8. The second kappa shape index (κ2) is 11.9. The summed E-state index contributed by atoms with van der Waals surface area (Å²) in [7, 11) is 1.53. The largest absolute Gasteiger partial charge is 0.480 e. The summed E-state index contributed by atoms with van der Waals surface area (Å²) < 4.78 is 4.89. The maximum atomic E-state index is 11.1. The first kappa shape index (κ1) is 26.8. The number of aromatic carboxylic acids is 1. The van der Waals surface area contributed by atoms with Crippen molar-refractivity contribution in [1.82, 2.24) is 25.6 Å². The van der Waals surface area contributed by atoms with Gasteiger partial charge in [-0.2, -0.15) is 0 Å². The average Bonchev–Trinajstić information content (AvgIpc) is 3.42. The van der Waals surface area contributed by atoms with Crippen LogP contribution in [0.2, 0.25) is 0 Å². The standard InChI is InChI=1S/C21H12N4O3.C6H12N2O3/c26-21(27)13-8-6-12(7-9-13)17-11-14-3-2-10-22-18(14)20(23-17)15-4-1-5-16-19(15)25-28-24-16;1-8-4(6(10)11)2-3-5(7)9/h1-11H,(H,26,27);4,8H,2-3H2,1H3,(H2,7,9)(H,10,11)/t;4-/m.1/s1. The lowest BCUT2D eigenvalue weighted by molar-refractivity contribution is -0.139. The second-order valence-electron chi connectivity index (χ2n) is 8.44. The zero-order valence-corrected chi connectivity index (χ0v) is 20.7. The molecule has 0 aliphatic rings. The predicted molar refractivity (Wildman–Crippen MR) is 142 cm³/mol. The second-order valence-corrected chi connectivity index (χ2v) is 8.44. The highest BCUT2D eigenvalue weighted by atomic mass is 16.6. The molecule has 0 fully saturated rings. The summed E-state index contributed by atoms with van der Waals surface area (Å²) in [6.45, 7) is 0. The summed E-state index contributed by atoms with van der Waals surface area (Å²) in [5.74, 6) is -2.41. The van der Waals surface area contributed by atoms with Gasteiger partial charge in [0.2, 0.25) is 5.91 Å². The molecule has 0 saturated heterocycles. The quantitative estimate of drug-likeness (QED) is 0.231. The highest BCUT2D eigenvalue weighted by molar-refractivity contribution is 6.00. The molecule has 39 heavy (non-hydrogen) atoms. The lowest BCUT2D eigenvalue weighted by Crippen LogP contribution is -2.34. The number of nitrogens with zero attached hydrogens (tertiary/aromatic N) is 4. The van der Waals surface area contributed by atoms with Crippen molar-refractivity contribution in [1.29, 1.82) is 0 Å². The van der Waals surface area contributed by atoms with E-state index in [1.807, 2.05) is 36.4 Å². The lowest BCUT2D eigenvalue weighted by atomic mass is 10.0. The summed E-state index contributed by atoms with van der Waals surface area (Å²) in [6.07, 6.45) is 2.05. The first-order valence-corrected chi connectivity index (χ1v) is 11.8. The van der Waals surface area contributed by atoms with Crippen LogP contribution in [-0.2, 0) is 9.59 Å². The number of carbonyl (C=O) groups excluding carboxylic acids is 1. The van der Waals surface area contributed by atoms with E-state index in [1.54, 1.807) is 30.5 Å². The Morgan fingerprint density at radius 2 is 1.77 bits per heavy atom. The smallest absolute Gasteiger partial charge is 0.335 e. The minimum Gasteiger partial charge on any atom is -0.480 e. The van der Waals surface area contributed by atoms with Crippen LogP contribution in [-0.4, -0.2) is 61.4 Å². The van der Waals surface area contributed by atoms with Crippen molar-refractivity contribution in [2.24, 2.45) is 5.73 Å². The predicted octanol–water partition coefficient (Wildman–Crippen LogP) is 3.12. The molecule has 12 heteroatoms. The molecule has 0 radical (unpaired) electrons. The number of aliphatic carboxylic acids is 1. The number of rotatable bonds is 8. The molecule has 0 aliphatic carbocycles. The number of likely N-dealkylation sites (N-methyl/N-ethyl adjacent to an activating group) is 1. The van der Waals surface area contributed by atoms with Gasteiger partial charge in [0, 0.05) is 29.1 Å². The number of aromatic nitrogens is 4. The van der Waals surface area contributed by atoms with E-state index >= 15 is 0 Å². The molecule has 0 aliphatic heterocycles. The van der Waals surface area contributed by atoms with Gasteiger partial charge in [0.25, 0.3) is 0 Å². The van der Waals surface area contributed by atoms with Crippen molar-refractivity contribution in [2.45, 2.75) is 18.9 Å². The molecule has 1 atom stereocenters. The Bertz CT molecular complexity index is 1650. The van der Waals surface area contributed by atoms with Crippen molar-refractivity contribution >= 4 is 39.8 Å². The maximum Gasteiger partial charge on any atom is 0.335 e. The fourth-order valence-corrected chi connectivity index (χ4v) is 3.88. The molecule has 198 valence electrons. The van der Waals surface area contributed by atoms with Gasteiger partial charge in [0.15, 0.2) is 0 Å². The molecule has 0 saturated carbocycles. The number of carbonyl (C=O) groups is 3. The number of nitrogens with one attached hydrogen (secondary N) is 1. The van der Waals surface area contributed by atoms with Gasteiger partial charge in [-0.05, 0) is 54.1 Å². The topological polar surface area (TPSA) is 194 Å². The molecule has 0 bridgehead atoms. The van der Waals surface area contributed by atoms with Crippen LogP contribution in [0.3, 0.4) is 0 Å². The van der Waals surface area contributed by atoms with Gasteiger partial charge in [-0.25, -0.2) is 14.4 Å². The summed E-state index contributed by atoms with van der Waals surface area (Å²) in [6, 6.07) is 17.3. The number of fused-ring (bicyclic) bond motifs is 2. The van der Waals surface area contributed by atoms with Crippen LogP contribution >= 0.6 is 0 Å². The van der Waals surface area contributed by atoms with E-state index in [0.717, 1.165) is 22.0 Å². The Balaban J connectivity index is 0.000000274. The third kappa shape index (κ3) is 6.19. The molecule has 0 spiro atoms. The van der Waals surface area contributed by atoms with Crippen LogP contribution in [0.4, 0.5) is 0 Å². The average molecular weight is 529 g/mol. The molecule has 3 heterocycles. The van der Waals surface area contributed by atoms with Crippen molar-refractivity contribution in [3.05, 3.63) is 72.4 Å². The van der Waals surface area contributed by atoms with Crippen molar-refractivity contribution < 1.29 is 29.2 Å². The highest BCUT2D eigenvalue weighted by Crippen LogP contribution is 2.33. The molecule has 12 nitrogen and oxygen atoms in total. The first-order valence-electron chi connectivity index (χ1n) is 11.8. The van der Waals surface area contributed by atoms with Crippen LogP contribution < -0.4 is 11.1 Å². The molecule has 5 aromatic rings. The molecule has 5 rings (SSSR count). The van der Waals surface area contributed by atoms with Gasteiger partial charge < -0.3 is 21.3 Å². The Kier molecular flexibility index (Phi) is 8.17. The van der Waals surface area contributed by atoms with Gasteiger partial charge in [-0.3, -0.25) is 14.6 Å². The van der Waals surface area contributed by atoms with Crippen molar-refractivity contribution in [2.75, 3.05) is 7.05 Å². The fraction of sp³-hybridized carbons (Fsp3) is 0.148. The van der Waals surface area contributed by atoms with E-state index in [-0.39, 0.29) is 18.4 Å². The Morgan fingerprint density at radius 3 is 2.44 bits per heavy atom. The van der Waals surface area contributed by atoms with Crippen molar-refractivity contribution in [3.63, 3.8) is 0 Å². The van der Waals surface area contributed by atoms with Gasteiger partial charge >= 0.3 is 11.9 Å². The molecular weight excluding hydrogens is 504 g/mol. The number of primary amides is 1. The minimum atomic E-state index is -0.965. The number of pyridine rings is 2. The number of carboxylic acid groups (broad SMARTS) is 2. The van der Waals surface area contributed by atoms with Crippen LogP contribution in [0.5, 0.6) is 0 Å². The van der Waals surface area contributed by atoms with Gasteiger partial charge in [-0.15, -0.1) is 0 Å². The third-order valence-electron chi connectivity index (χ3n) is 5.88. The van der Waals surface area contributed by atoms with Crippen molar-refractivity contribution in [3.8, 4) is 22.5 Å². The molecule has 1 amide bonds. The van der Waals surface area contributed by atoms with Crippen LogP contribution in [0.1, 0.15) is 23.2 Å². The fourth-order valence-electron chi connectivity index (χ4n) is 3.88. The summed E-state index contributed by atoms with van der Waals surface area (Å²) >= 11 is 0. The van der Waals surface area contributed by atoms with Crippen LogP contribution in [0.25, 0.3) is 44.5 Å². The Morgan fingerprint density at radius 1 is 1.00 bits per heavy atom. The van der Waals surface area contributed by atoms with E-state index in [2.05, 4.69) is 20.6 Å². The highest BCUT2D eigenvalue weighted by Gasteiger charge is 2.16. The van der Waals surface area contributed by atoms with E-state index in [9.17, 15) is 14.4 Å². The van der Waals surface area contributed by atoms with E-state index in [0.29, 0.717) is 22.4 Å². The van der Waals surface area contributed by atoms with Gasteiger partial charge in [-0.1, -0.05) is 30.3 Å².